The Morgan fingerprint density at radius 3 is 2.91 bits per heavy atom. The molecule has 0 unspecified atom stereocenters. The van der Waals surface area contributed by atoms with Crippen molar-refractivity contribution in [1.29, 1.82) is 0 Å². The molecule has 0 spiro atoms. The lowest BCUT2D eigenvalue weighted by molar-refractivity contribution is 0.104. The molecule has 0 amide bonds. The molecule has 1 aliphatic rings. The summed E-state index contributed by atoms with van der Waals surface area (Å²) >= 11 is 0. The van der Waals surface area contributed by atoms with Gasteiger partial charge in [-0.1, -0.05) is 12.1 Å². The lowest BCUT2D eigenvalue weighted by atomic mass is 10.0. The van der Waals surface area contributed by atoms with Crippen molar-refractivity contribution in [2.75, 3.05) is 13.7 Å². The van der Waals surface area contributed by atoms with Crippen LogP contribution in [-0.2, 0) is 6.42 Å². The van der Waals surface area contributed by atoms with Crippen molar-refractivity contribution < 1.29 is 19.4 Å². The van der Waals surface area contributed by atoms with E-state index in [1.165, 1.54) is 13.2 Å². The van der Waals surface area contributed by atoms with Crippen LogP contribution < -0.4 is 9.47 Å². The third-order valence-corrected chi connectivity index (χ3v) is 3.60. The third-order valence-electron chi connectivity index (χ3n) is 3.60. The number of phenols is 1. The number of phenolic OH excluding ortho intramolecular Hbond substituents is 1. The summed E-state index contributed by atoms with van der Waals surface area (Å²) in [6.07, 6.45) is 4.01. The van der Waals surface area contributed by atoms with E-state index in [4.69, 9.17) is 9.47 Å². The Hall–Kier alpha value is -2.75. The van der Waals surface area contributed by atoms with Gasteiger partial charge >= 0.3 is 0 Å². The largest absolute Gasteiger partial charge is 0.504 e. The zero-order valence-corrected chi connectivity index (χ0v) is 12.2. The van der Waals surface area contributed by atoms with Crippen molar-refractivity contribution in [1.82, 2.24) is 0 Å². The fourth-order valence-electron chi connectivity index (χ4n) is 2.42. The maximum atomic E-state index is 12.2. The van der Waals surface area contributed by atoms with E-state index in [9.17, 15) is 9.90 Å². The number of fused-ring (bicyclic) bond motifs is 1. The second-order valence-corrected chi connectivity index (χ2v) is 5.05. The lowest BCUT2D eigenvalue weighted by Gasteiger charge is -2.03. The molecule has 4 heteroatoms. The van der Waals surface area contributed by atoms with E-state index in [0.717, 1.165) is 23.3 Å². The highest BCUT2D eigenvalue weighted by Crippen LogP contribution is 2.28. The number of ketones is 1. The third kappa shape index (κ3) is 2.81. The first kappa shape index (κ1) is 14.2. The quantitative estimate of drug-likeness (QED) is 0.695. The van der Waals surface area contributed by atoms with Gasteiger partial charge in [-0.15, -0.1) is 0 Å². The molecule has 0 saturated carbocycles. The van der Waals surface area contributed by atoms with Gasteiger partial charge in [0.05, 0.1) is 13.7 Å². The van der Waals surface area contributed by atoms with Gasteiger partial charge in [-0.25, -0.2) is 0 Å². The van der Waals surface area contributed by atoms with Crippen molar-refractivity contribution in [2.45, 2.75) is 6.42 Å². The van der Waals surface area contributed by atoms with Gasteiger partial charge in [-0.2, -0.15) is 0 Å². The molecule has 1 heterocycles. The zero-order valence-electron chi connectivity index (χ0n) is 12.2. The summed E-state index contributed by atoms with van der Waals surface area (Å²) in [6.45, 7) is 0.675. The van der Waals surface area contributed by atoms with Crippen LogP contribution in [0.5, 0.6) is 17.2 Å². The SMILES string of the molecule is COc1ccc(/C=C/C(=O)c2ccc3c(c2)CCO3)cc1O. The van der Waals surface area contributed by atoms with Crippen molar-refractivity contribution in [2.24, 2.45) is 0 Å². The predicted molar refractivity (Wildman–Crippen MR) is 83.7 cm³/mol. The highest BCUT2D eigenvalue weighted by Gasteiger charge is 2.13. The van der Waals surface area contributed by atoms with E-state index in [0.29, 0.717) is 17.9 Å². The number of carbonyl (C=O) groups is 1. The maximum absolute atomic E-state index is 12.2. The number of ether oxygens (including phenoxy) is 2. The van der Waals surface area contributed by atoms with Gasteiger partial charge in [0.1, 0.15) is 5.75 Å². The van der Waals surface area contributed by atoms with Gasteiger partial charge in [0.15, 0.2) is 17.3 Å². The highest BCUT2D eigenvalue weighted by molar-refractivity contribution is 6.07. The van der Waals surface area contributed by atoms with E-state index in [1.54, 1.807) is 30.3 Å². The van der Waals surface area contributed by atoms with Gasteiger partial charge in [0.25, 0.3) is 0 Å². The summed E-state index contributed by atoms with van der Waals surface area (Å²) in [5.41, 5.74) is 2.44. The topological polar surface area (TPSA) is 55.8 Å². The van der Waals surface area contributed by atoms with Crippen LogP contribution in [0.1, 0.15) is 21.5 Å². The van der Waals surface area contributed by atoms with Gasteiger partial charge in [-0.05, 0) is 47.5 Å². The Balaban J connectivity index is 1.77. The standard InChI is InChI=1S/C18H16O4/c1-21-18-6-3-12(10-16(18)20)2-5-15(19)13-4-7-17-14(11-13)8-9-22-17/h2-7,10-11,20H,8-9H2,1H3/b5-2+. The molecule has 0 atom stereocenters. The Labute approximate surface area is 128 Å². The summed E-state index contributed by atoms with van der Waals surface area (Å²) in [5.74, 6) is 1.24. The number of allylic oxidation sites excluding steroid dienone is 1. The van der Waals surface area contributed by atoms with Crippen molar-refractivity contribution >= 4 is 11.9 Å². The van der Waals surface area contributed by atoms with Crippen LogP contribution in [0.15, 0.2) is 42.5 Å². The minimum Gasteiger partial charge on any atom is -0.504 e. The minimum absolute atomic E-state index is 0.0479. The molecule has 1 aliphatic heterocycles. The molecule has 2 aromatic rings. The predicted octanol–water partition coefficient (Wildman–Crippen LogP) is 3.23. The summed E-state index contributed by atoms with van der Waals surface area (Å²) in [4.78, 5) is 12.2. The second-order valence-electron chi connectivity index (χ2n) is 5.05. The highest BCUT2D eigenvalue weighted by atomic mass is 16.5. The Morgan fingerprint density at radius 2 is 2.14 bits per heavy atom. The number of benzene rings is 2. The molecule has 22 heavy (non-hydrogen) atoms. The number of rotatable bonds is 4. The summed E-state index contributed by atoms with van der Waals surface area (Å²) in [7, 11) is 1.49. The first-order valence-electron chi connectivity index (χ1n) is 7.02. The molecule has 0 radical (unpaired) electrons. The molecule has 0 fully saturated rings. The van der Waals surface area contributed by atoms with E-state index >= 15 is 0 Å². The summed E-state index contributed by atoms with van der Waals surface area (Å²) < 4.78 is 10.4. The van der Waals surface area contributed by atoms with Crippen molar-refractivity contribution in [3.63, 3.8) is 0 Å². The number of hydrogen-bond donors (Lipinski definition) is 1. The number of aromatic hydroxyl groups is 1. The first-order chi connectivity index (χ1) is 10.7. The monoisotopic (exact) mass is 296 g/mol. The van der Waals surface area contributed by atoms with Crippen molar-refractivity contribution in [3.8, 4) is 17.2 Å². The van der Waals surface area contributed by atoms with E-state index in [2.05, 4.69) is 0 Å². The van der Waals surface area contributed by atoms with E-state index < -0.39 is 0 Å². The number of carbonyl (C=O) groups excluding carboxylic acids is 1. The molecule has 1 N–H and O–H groups in total. The van der Waals surface area contributed by atoms with Crippen LogP contribution in [-0.4, -0.2) is 24.6 Å². The average molecular weight is 296 g/mol. The zero-order chi connectivity index (χ0) is 15.5. The molecule has 4 nitrogen and oxygen atoms in total. The van der Waals surface area contributed by atoms with Crippen LogP contribution in [0.4, 0.5) is 0 Å². The molecular weight excluding hydrogens is 280 g/mol. The van der Waals surface area contributed by atoms with Gasteiger partial charge < -0.3 is 14.6 Å². The minimum atomic E-state index is -0.0787. The van der Waals surface area contributed by atoms with E-state index in [-0.39, 0.29) is 11.5 Å². The molecule has 3 rings (SSSR count). The molecule has 0 aromatic heterocycles. The second kappa shape index (κ2) is 5.93. The van der Waals surface area contributed by atoms with Crippen LogP contribution in [0.3, 0.4) is 0 Å². The summed E-state index contributed by atoms with van der Waals surface area (Å²) in [6, 6.07) is 10.5. The normalized spacial score (nSPS) is 13.0. The van der Waals surface area contributed by atoms with Crippen LogP contribution >= 0.6 is 0 Å². The van der Waals surface area contributed by atoms with Gasteiger partial charge in [-0.3, -0.25) is 4.79 Å². The van der Waals surface area contributed by atoms with Crippen LogP contribution in [0.2, 0.25) is 0 Å². The van der Waals surface area contributed by atoms with Gasteiger partial charge in [0.2, 0.25) is 0 Å². The summed E-state index contributed by atoms with van der Waals surface area (Å²) in [5, 5.41) is 9.72. The Morgan fingerprint density at radius 1 is 1.27 bits per heavy atom. The van der Waals surface area contributed by atoms with Crippen LogP contribution in [0, 0.1) is 0 Å². The lowest BCUT2D eigenvalue weighted by Crippen LogP contribution is -1.95. The number of methoxy groups -OCH3 is 1. The first-order valence-corrected chi connectivity index (χ1v) is 7.02. The molecule has 0 bridgehead atoms. The van der Waals surface area contributed by atoms with Gasteiger partial charge in [0, 0.05) is 12.0 Å². The maximum Gasteiger partial charge on any atom is 0.185 e. The smallest absolute Gasteiger partial charge is 0.185 e. The molecule has 0 saturated heterocycles. The Kier molecular flexibility index (Phi) is 3.83. The Bertz CT molecular complexity index is 747. The molecular formula is C18H16O4. The van der Waals surface area contributed by atoms with Crippen molar-refractivity contribution in [3.05, 3.63) is 59.2 Å². The molecule has 2 aromatic carbocycles. The molecule has 112 valence electrons. The fourth-order valence-corrected chi connectivity index (χ4v) is 2.42. The average Bonchev–Trinajstić information content (AvgIpc) is 3.00. The number of hydrogen-bond acceptors (Lipinski definition) is 4. The van der Waals surface area contributed by atoms with E-state index in [1.807, 2.05) is 12.1 Å². The van der Waals surface area contributed by atoms with Crippen LogP contribution in [0.25, 0.3) is 6.08 Å². The fraction of sp³-hybridized carbons (Fsp3) is 0.167. The molecule has 0 aliphatic carbocycles.